The molecule has 2 rings (SSSR count). The molecular weight excluding hydrogens is 260 g/mol. The summed E-state index contributed by atoms with van der Waals surface area (Å²) < 4.78 is 51.2. The molecule has 1 aliphatic heterocycles. The summed E-state index contributed by atoms with van der Waals surface area (Å²) in [5, 5.41) is 3.14. The first kappa shape index (κ1) is 14.3. The molecule has 1 aliphatic rings. The van der Waals surface area contributed by atoms with E-state index in [1.807, 2.05) is 4.90 Å². The van der Waals surface area contributed by atoms with E-state index in [0.717, 1.165) is 25.2 Å². The molecule has 1 fully saturated rings. The van der Waals surface area contributed by atoms with Gasteiger partial charge >= 0.3 is 6.18 Å². The Morgan fingerprint density at radius 1 is 1.21 bits per heavy atom. The quantitative estimate of drug-likeness (QED) is 0.854. The first-order valence-corrected chi connectivity index (χ1v) is 6.20. The van der Waals surface area contributed by atoms with Crippen molar-refractivity contribution < 1.29 is 17.6 Å². The summed E-state index contributed by atoms with van der Waals surface area (Å²) in [5.41, 5.74) is -0.335. The Morgan fingerprint density at radius 2 is 1.89 bits per heavy atom. The second kappa shape index (κ2) is 5.88. The second-order valence-corrected chi connectivity index (χ2v) is 4.58. The lowest BCUT2D eigenvalue weighted by molar-refractivity contribution is -0.137. The highest BCUT2D eigenvalue weighted by Gasteiger charge is 2.31. The van der Waals surface area contributed by atoms with Crippen LogP contribution in [0.15, 0.2) is 24.3 Å². The molecule has 1 heterocycles. The van der Waals surface area contributed by atoms with Gasteiger partial charge in [-0.2, -0.15) is 13.2 Å². The zero-order valence-corrected chi connectivity index (χ0v) is 10.4. The van der Waals surface area contributed by atoms with Gasteiger partial charge in [0.15, 0.2) is 0 Å². The molecule has 19 heavy (non-hydrogen) atoms. The van der Waals surface area contributed by atoms with E-state index in [4.69, 9.17) is 0 Å². The van der Waals surface area contributed by atoms with Crippen molar-refractivity contribution in [1.29, 1.82) is 0 Å². The molecule has 0 aliphatic carbocycles. The SMILES string of the molecule is FC[C@@H](c1cccc(C(F)(F)F)c1)N1CCNCC1. The van der Waals surface area contributed by atoms with E-state index < -0.39 is 24.5 Å². The summed E-state index contributed by atoms with van der Waals surface area (Å²) in [6.45, 7) is 2.07. The summed E-state index contributed by atoms with van der Waals surface area (Å²) in [7, 11) is 0. The minimum absolute atomic E-state index is 0.388. The van der Waals surface area contributed by atoms with Crippen molar-refractivity contribution in [1.82, 2.24) is 10.2 Å². The highest BCUT2D eigenvalue weighted by molar-refractivity contribution is 5.28. The van der Waals surface area contributed by atoms with Crippen LogP contribution in [0.2, 0.25) is 0 Å². The zero-order valence-electron chi connectivity index (χ0n) is 10.4. The smallest absolute Gasteiger partial charge is 0.314 e. The van der Waals surface area contributed by atoms with Crippen molar-refractivity contribution in [2.24, 2.45) is 0 Å². The molecule has 0 amide bonds. The number of rotatable bonds is 3. The van der Waals surface area contributed by atoms with Crippen LogP contribution < -0.4 is 5.32 Å². The minimum atomic E-state index is -4.39. The summed E-state index contributed by atoms with van der Waals surface area (Å²) in [5.74, 6) is 0. The van der Waals surface area contributed by atoms with Gasteiger partial charge in [0.2, 0.25) is 0 Å². The van der Waals surface area contributed by atoms with Gasteiger partial charge in [0.25, 0.3) is 0 Å². The molecule has 0 saturated carbocycles. The fraction of sp³-hybridized carbons (Fsp3) is 0.538. The van der Waals surface area contributed by atoms with Gasteiger partial charge in [-0.05, 0) is 17.7 Å². The Balaban J connectivity index is 2.22. The molecule has 0 unspecified atom stereocenters. The number of nitrogens with zero attached hydrogens (tertiary/aromatic N) is 1. The Kier molecular flexibility index (Phi) is 4.42. The highest BCUT2D eigenvalue weighted by atomic mass is 19.4. The maximum atomic E-state index is 13.2. The molecule has 1 aromatic rings. The fourth-order valence-electron chi connectivity index (χ4n) is 2.31. The topological polar surface area (TPSA) is 15.3 Å². The molecule has 1 atom stereocenters. The van der Waals surface area contributed by atoms with E-state index in [0.29, 0.717) is 18.7 Å². The number of alkyl halides is 4. The van der Waals surface area contributed by atoms with Crippen LogP contribution in [-0.2, 0) is 6.18 Å². The number of benzene rings is 1. The molecule has 6 heteroatoms. The van der Waals surface area contributed by atoms with E-state index in [1.165, 1.54) is 6.07 Å². The van der Waals surface area contributed by atoms with Crippen LogP contribution in [0.3, 0.4) is 0 Å². The Bertz CT molecular complexity index is 413. The van der Waals surface area contributed by atoms with Crippen LogP contribution in [0, 0.1) is 0 Å². The van der Waals surface area contributed by atoms with Crippen LogP contribution >= 0.6 is 0 Å². The summed E-state index contributed by atoms with van der Waals surface area (Å²) in [6, 6.07) is 4.36. The van der Waals surface area contributed by atoms with E-state index in [-0.39, 0.29) is 0 Å². The lowest BCUT2D eigenvalue weighted by Crippen LogP contribution is -2.45. The predicted molar refractivity (Wildman–Crippen MR) is 64.6 cm³/mol. The number of piperazine rings is 1. The van der Waals surface area contributed by atoms with Crippen molar-refractivity contribution in [3.05, 3.63) is 35.4 Å². The third kappa shape index (κ3) is 3.45. The Morgan fingerprint density at radius 3 is 2.47 bits per heavy atom. The van der Waals surface area contributed by atoms with Crippen LogP contribution in [0.4, 0.5) is 17.6 Å². The average Bonchev–Trinajstić information content (AvgIpc) is 2.40. The number of hydrogen-bond donors (Lipinski definition) is 1. The van der Waals surface area contributed by atoms with Gasteiger partial charge in [0, 0.05) is 26.2 Å². The van der Waals surface area contributed by atoms with Crippen molar-refractivity contribution >= 4 is 0 Å². The normalized spacial score (nSPS) is 19.4. The molecule has 0 aromatic heterocycles. The van der Waals surface area contributed by atoms with Crippen molar-refractivity contribution in [2.75, 3.05) is 32.9 Å². The summed E-state index contributed by atoms with van der Waals surface area (Å²) >= 11 is 0. The molecule has 1 saturated heterocycles. The highest BCUT2D eigenvalue weighted by Crippen LogP contribution is 2.32. The monoisotopic (exact) mass is 276 g/mol. The fourth-order valence-corrected chi connectivity index (χ4v) is 2.31. The lowest BCUT2D eigenvalue weighted by Gasteiger charge is -2.33. The van der Waals surface area contributed by atoms with Gasteiger partial charge in [0.1, 0.15) is 6.67 Å². The zero-order chi connectivity index (χ0) is 13.9. The lowest BCUT2D eigenvalue weighted by atomic mass is 10.0. The predicted octanol–water partition coefficient (Wildman–Crippen LogP) is 2.62. The van der Waals surface area contributed by atoms with E-state index >= 15 is 0 Å². The second-order valence-electron chi connectivity index (χ2n) is 4.58. The molecule has 0 radical (unpaired) electrons. The van der Waals surface area contributed by atoms with Crippen LogP contribution in [0.1, 0.15) is 17.2 Å². The summed E-state index contributed by atoms with van der Waals surface area (Å²) in [4.78, 5) is 1.88. The van der Waals surface area contributed by atoms with Gasteiger partial charge < -0.3 is 5.32 Å². The first-order chi connectivity index (χ1) is 9.02. The number of hydrogen-bond acceptors (Lipinski definition) is 2. The third-order valence-corrected chi connectivity index (χ3v) is 3.34. The van der Waals surface area contributed by atoms with Crippen LogP contribution in [-0.4, -0.2) is 37.8 Å². The third-order valence-electron chi connectivity index (χ3n) is 3.34. The molecule has 1 N–H and O–H groups in total. The van der Waals surface area contributed by atoms with Crippen LogP contribution in [0.25, 0.3) is 0 Å². The molecule has 0 bridgehead atoms. The molecule has 106 valence electrons. The maximum Gasteiger partial charge on any atom is 0.416 e. The summed E-state index contributed by atoms with van der Waals surface area (Å²) in [6.07, 6.45) is -4.39. The van der Waals surface area contributed by atoms with Gasteiger partial charge in [-0.25, -0.2) is 4.39 Å². The molecular formula is C13H16F4N2. The van der Waals surface area contributed by atoms with Gasteiger partial charge in [-0.15, -0.1) is 0 Å². The van der Waals surface area contributed by atoms with Gasteiger partial charge in [-0.1, -0.05) is 12.1 Å². The van der Waals surface area contributed by atoms with Crippen molar-refractivity contribution in [3.63, 3.8) is 0 Å². The molecule has 2 nitrogen and oxygen atoms in total. The van der Waals surface area contributed by atoms with Crippen LogP contribution in [0.5, 0.6) is 0 Å². The average molecular weight is 276 g/mol. The van der Waals surface area contributed by atoms with E-state index in [2.05, 4.69) is 5.32 Å². The first-order valence-electron chi connectivity index (χ1n) is 6.20. The van der Waals surface area contributed by atoms with E-state index in [1.54, 1.807) is 6.07 Å². The van der Waals surface area contributed by atoms with Crippen molar-refractivity contribution in [3.8, 4) is 0 Å². The van der Waals surface area contributed by atoms with E-state index in [9.17, 15) is 17.6 Å². The molecule has 0 spiro atoms. The minimum Gasteiger partial charge on any atom is -0.314 e. The number of halogens is 4. The van der Waals surface area contributed by atoms with Gasteiger partial charge in [-0.3, -0.25) is 4.90 Å². The standard InChI is InChI=1S/C13H16F4N2/c14-9-12(19-6-4-18-5-7-19)10-2-1-3-11(8-10)13(15,16)17/h1-3,8,12,18H,4-7,9H2/t12-/m0/s1. The maximum absolute atomic E-state index is 13.2. The molecule has 1 aromatic carbocycles. The van der Waals surface area contributed by atoms with Crippen molar-refractivity contribution in [2.45, 2.75) is 12.2 Å². The Hall–Kier alpha value is -1.14. The number of nitrogens with one attached hydrogen (secondary N) is 1. The van der Waals surface area contributed by atoms with Gasteiger partial charge in [0.05, 0.1) is 11.6 Å². The largest absolute Gasteiger partial charge is 0.416 e. The Labute approximate surface area is 109 Å².